The number of hydrogen-bond donors (Lipinski definition) is 5. The zero-order valence-electron chi connectivity index (χ0n) is 17.0. The number of H-pyrrole nitrogens is 1. The van der Waals surface area contributed by atoms with E-state index in [0.717, 1.165) is 30.7 Å². The van der Waals surface area contributed by atoms with Gasteiger partial charge in [-0.05, 0) is 39.9 Å². The lowest BCUT2D eigenvalue weighted by Gasteiger charge is -2.57. The Labute approximate surface area is 180 Å². The quantitative estimate of drug-likeness (QED) is 0.288. The molecule has 2 heterocycles. The number of carbonyl (C=O) groups is 4. The molecule has 2 rings (SSSR count). The first kappa shape index (κ1) is 24.8. The van der Waals surface area contributed by atoms with Crippen LogP contribution in [0.2, 0.25) is 0 Å². The van der Waals surface area contributed by atoms with E-state index in [0.29, 0.717) is 13.8 Å². The number of nitrogens with one attached hydrogen (secondary N) is 1. The van der Waals surface area contributed by atoms with E-state index in [1.54, 1.807) is 0 Å². The van der Waals surface area contributed by atoms with Crippen LogP contribution < -0.4 is 5.56 Å². The molecule has 1 fully saturated rings. The third-order valence-corrected chi connectivity index (χ3v) is 5.77. The van der Waals surface area contributed by atoms with Gasteiger partial charge >= 0.3 is 0 Å². The van der Waals surface area contributed by atoms with Crippen LogP contribution in [0.15, 0.2) is 17.1 Å². The molecular formula is C18H22N2O10S. The fourth-order valence-corrected chi connectivity index (χ4v) is 4.02. The maximum Gasteiger partial charge on any atom is 0.251 e. The Kier molecular flexibility index (Phi) is 6.35. The number of rotatable bonds is 6. The molecule has 1 aliphatic heterocycles. The van der Waals surface area contributed by atoms with E-state index in [-0.39, 0.29) is 0 Å². The summed E-state index contributed by atoms with van der Waals surface area (Å²) in [5.74, 6) is -5.50. The Bertz CT molecular complexity index is 1080. The van der Waals surface area contributed by atoms with Crippen LogP contribution in [0.1, 0.15) is 33.9 Å². The van der Waals surface area contributed by atoms with E-state index >= 15 is 0 Å². The topological polar surface area (TPSA) is 196 Å². The molecule has 13 heteroatoms. The third-order valence-electron chi connectivity index (χ3n) is 5.46. The zero-order chi connectivity index (χ0) is 24.1. The second kappa shape index (κ2) is 7.93. The number of Topliss-reactive ketones (excluding diaryl/α,β-unsaturated/α-hetero) is 4. The predicted octanol–water partition coefficient (Wildman–Crippen LogP) is -2.29. The molecule has 1 saturated heterocycles. The number of aromatic nitrogens is 2. The molecule has 6 atom stereocenters. The van der Waals surface area contributed by atoms with Gasteiger partial charge in [0.1, 0.15) is 6.10 Å². The molecule has 5 N–H and O–H groups in total. The Morgan fingerprint density at radius 2 is 1.61 bits per heavy atom. The third kappa shape index (κ3) is 3.24. The maximum absolute atomic E-state index is 12.7. The Balaban J connectivity index is 3.03. The number of aliphatic hydroxyl groups excluding tert-OH is 1. The summed E-state index contributed by atoms with van der Waals surface area (Å²) in [5, 5.41) is 43.7. The molecule has 0 saturated carbocycles. The lowest BCUT2D eigenvalue weighted by molar-refractivity contribution is -0.328. The number of ether oxygens (including phenoxy) is 1. The van der Waals surface area contributed by atoms with Crippen molar-refractivity contribution in [3.8, 4) is 0 Å². The highest BCUT2D eigenvalue weighted by atomic mass is 32.1. The van der Waals surface area contributed by atoms with E-state index in [4.69, 9.17) is 17.0 Å². The number of aliphatic hydroxyl groups is 4. The van der Waals surface area contributed by atoms with Crippen LogP contribution >= 0.6 is 12.2 Å². The number of ketones is 4. The molecule has 0 spiro atoms. The van der Waals surface area contributed by atoms with Gasteiger partial charge in [0.25, 0.3) is 5.56 Å². The molecule has 0 amide bonds. The van der Waals surface area contributed by atoms with Crippen LogP contribution in [0.4, 0.5) is 0 Å². The first-order valence-electron chi connectivity index (χ1n) is 8.97. The van der Waals surface area contributed by atoms with Crippen molar-refractivity contribution in [3.63, 3.8) is 0 Å². The lowest BCUT2D eigenvalue weighted by atomic mass is 9.59. The van der Waals surface area contributed by atoms with Crippen LogP contribution in [-0.4, -0.2) is 82.1 Å². The van der Waals surface area contributed by atoms with Crippen molar-refractivity contribution in [1.29, 1.82) is 0 Å². The van der Waals surface area contributed by atoms with Gasteiger partial charge in [-0.1, -0.05) is 0 Å². The van der Waals surface area contributed by atoms with Crippen LogP contribution in [0, 0.1) is 4.77 Å². The lowest BCUT2D eigenvalue weighted by Crippen LogP contribution is -2.85. The maximum atomic E-state index is 12.7. The van der Waals surface area contributed by atoms with E-state index in [2.05, 4.69) is 4.98 Å². The smallest absolute Gasteiger partial charge is 0.251 e. The van der Waals surface area contributed by atoms with Crippen LogP contribution in [-0.2, 0) is 23.9 Å². The molecule has 1 aromatic rings. The Morgan fingerprint density at radius 1 is 1.10 bits per heavy atom. The molecule has 1 aromatic heterocycles. The first-order valence-corrected chi connectivity index (χ1v) is 9.38. The van der Waals surface area contributed by atoms with Gasteiger partial charge in [0, 0.05) is 12.3 Å². The molecule has 0 radical (unpaired) electrons. The number of aromatic amines is 1. The second-order valence-corrected chi connectivity index (χ2v) is 7.76. The summed E-state index contributed by atoms with van der Waals surface area (Å²) in [6, 6.07) is 0.907. The number of carbonyl (C=O) groups excluding carboxylic acids is 4. The average molecular weight is 458 g/mol. The minimum absolute atomic E-state index is 0.445. The average Bonchev–Trinajstić information content (AvgIpc) is 2.65. The summed E-state index contributed by atoms with van der Waals surface area (Å²) in [7, 11) is 0. The Hall–Kier alpha value is -2.42. The van der Waals surface area contributed by atoms with Crippen LogP contribution in [0.5, 0.6) is 0 Å². The normalized spacial score (nSPS) is 34.1. The number of nitrogens with zero attached hydrogens (tertiary/aromatic N) is 1. The molecule has 170 valence electrons. The van der Waals surface area contributed by atoms with Crippen molar-refractivity contribution < 1.29 is 44.3 Å². The highest BCUT2D eigenvalue weighted by Gasteiger charge is 2.79. The standard InChI is InChI=1S/C18H22N2O10S/c1-7(21)12(26)13-16(27,8(2)22)18(29,10(4)24)17(28,9(3)23)14(30-13)20-6-5-11(25)19-15(20)31/h5-7,13-14,21,27-29H,1-4H3,(H,19,25,31)/t7?,13-,14-,16-,17+,18+/m1/s1. The molecular weight excluding hydrogens is 436 g/mol. The van der Waals surface area contributed by atoms with E-state index < -0.39 is 68.7 Å². The van der Waals surface area contributed by atoms with Crippen molar-refractivity contribution in [2.75, 3.05) is 0 Å². The van der Waals surface area contributed by atoms with Crippen molar-refractivity contribution in [2.45, 2.75) is 62.9 Å². The summed E-state index contributed by atoms with van der Waals surface area (Å²) in [4.78, 5) is 64.0. The van der Waals surface area contributed by atoms with Crippen molar-refractivity contribution >= 4 is 35.4 Å². The molecule has 0 bridgehead atoms. The van der Waals surface area contributed by atoms with Gasteiger partial charge in [-0.3, -0.25) is 33.5 Å². The first-order chi connectivity index (χ1) is 14.1. The number of hydrogen-bond acceptors (Lipinski definition) is 11. The van der Waals surface area contributed by atoms with Crippen molar-refractivity contribution in [3.05, 3.63) is 27.4 Å². The minimum Gasteiger partial charge on any atom is -0.386 e. The molecule has 12 nitrogen and oxygen atoms in total. The molecule has 0 aliphatic carbocycles. The SMILES string of the molecule is CC(=O)[C@]1(O)[C@@](O)(C(C)=O)[C@@H](C(=O)C(C)O)O[C@@H](n2ccc(=O)[nH]c2=S)[C@@]1(O)C(C)=O. The van der Waals surface area contributed by atoms with Gasteiger partial charge in [-0.2, -0.15) is 0 Å². The van der Waals surface area contributed by atoms with Crippen molar-refractivity contribution in [1.82, 2.24) is 9.55 Å². The predicted molar refractivity (Wildman–Crippen MR) is 103 cm³/mol. The van der Waals surface area contributed by atoms with Gasteiger partial charge in [0.15, 0.2) is 45.8 Å². The van der Waals surface area contributed by atoms with Crippen molar-refractivity contribution in [2.24, 2.45) is 0 Å². The highest BCUT2D eigenvalue weighted by Crippen LogP contribution is 2.50. The highest BCUT2D eigenvalue weighted by molar-refractivity contribution is 7.71. The largest absolute Gasteiger partial charge is 0.386 e. The molecule has 1 unspecified atom stereocenters. The molecule has 31 heavy (non-hydrogen) atoms. The fourth-order valence-electron chi connectivity index (χ4n) is 3.76. The van der Waals surface area contributed by atoms with E-state index in [1.165, 1.54) is 0 Å². The summed E-state index contributed by atoms with van der Waals surface area (Å²) in [6.07, 6.45) is -5.48. The van der Waals surface area contributed by atoms with E-state index in [9.17, 15) is 44.4 Å². The van der Waals surface area contributed by atoms with Gasteiger partial charge in [0.05, 0.1) is 0 Å². The summed E-state index contributed by atoms with van der Waals surface area (Å²) < 4.78 is 5.74. The van der Waals surface area contributed by atoms with Gasteiger partial charge < -0.3 is 25.2 Å². The minimum atomic E-state index is -3.61. The second-order valence-electron chi connectivity index (χ2n) is 7.38. The van der Waals surface area contributed by atoms with Gasteiger partial charge in [-0.15, -0.1) is 0 Å². The van der Waals surface area contributed by atoms with Crippen LogP contribution in [0.3, 0.4) is 0 Å². The fraction of sp³-hybridized carbons (Fsp3) is 0.556. The van der Waals surface area contributed by atoms with Crippen LogP contribution in [0.25, 0.3) is 0 Å². The monoisotopic (exact) mass is 458 g/mol. The zero-order valence-corrected chi connectivity index (χ0v) is 17.8. The summed E-state index contributed by atoms with van der Waals surface area (Å²) >= 11 is 4.99. The Morgan fingerprint density at radius 3 is 2.00 bits per heavy atom. The molecule has 1 aliphatic rings. The van der Waals surface area contributed by atoms with Gasteiger partial charge in [0.2, 0.25) is 11.2 Å². The van der Waals surface area contributed by atoms with Gasteiger partial charge in [-0.25, -0.2) is 0 Å². The molecule has 0 aromatic carbocycles. The summed E-state index contributed by atoms with van der Waals surface area (Å²) in [6.45, 7) is 3.11. The summed E-state index contributed by atoms with van der Waals surface area (Å²) in [5.41, 5.74) is -11.1. The van der Waals surface area contributed by atoms with E-state index in [1.807, 2.05) is 0 Å².